The Morgan fingerprint density at radius 3 is 3.04 bits per heavy atom. The maximum atomic E-state index is 6.01. The van der Waals surface area contributed by atoms with Gasteiger partial charge in [-0.1, -0.05) is 24.3 Å². The number of rotatable bonds is 6. The quantitative estimate of drug-likeness (QED) is 0.733. The SMILES string of the molecule is CCn1ccnc1[C@@H]1OCC[C@H]1CNC(C)c1ccc2ccccc2n1. The zero-order chi connectivity index (χ0) is 17.9. The molecule has 26 heavy (non-hydrogen) atoms. The van der Waals surface area contributed by atoms with Crippen molar-refractivity contribution in [3.63, 3.8) is 0 Å². The molecule has 1 saturated heterocycles. The molecule has 0 aliphatic carbocycles. The first-order valence-corrected chi connectivity index (χ1v) is 9.48. The minimum absolute atomic E-state index is 0.0780. The molecular weight excluding hydrogens is 324 g/mol. The van der Waals surface area contributed by atoms with Gasteiger partial charge in [0.15, 0.2) is 0 Å². The second-order valence-corrected chi connectivity index (χ2v) is 6.97. The number of pyridine rings is 1. The lowest BCUT2D eigenvalue weighted by molar-refractivity contribution is 0.0799. The lowest BCUT2D eigenvalue weighted by atomic mass is 10.00. The number of imidazole rings is 1. The van der Waals surface area contributed by atoms with Gasteiger partial charge in [-0.3, -0.25) is 4.98 Å². The van der Waals surface area contributed by atoms with Gasteiger partial charge in [-0.25, -0.2) is 4.98 Å². The van der Waals surface area contributed by atoms with Gasteiger partial charge in [-0.2, -0.15) is 0 Å². The van der Waals surface area contributed by atoms with Crippen LogP contribution in [0.25, 0.3) is 10.9 Å². The number of para-hydroxylation sites is 1. The normalized spacial score (nSPS) is 21.3. The van der Waals surface area contributed by atoms with Gasteiger partial charge in [0.05, 0.1) is 11.2 Å². The molecule has 3 heterocycles. The van der Waals surface area contributed by atoms with E-state index in [1.165, 1.54) is 5.39 Å². The van der Waals surface area contributed by atoms with Gasteiger partial charge >= 0.3 is 0 Å². The van der Waals surface area contributed by atoms with E-state index < -0.39 is 0 Å². The molecule has 1 aliphatic heterocycles. The molecule has 1 aromatic carbocycles. The highest BCUT2D eigenvalue weighted by atomic mass is 16.5. The summed E-state index contributed by atoms with van der Waals surface area (Å²) < 4.78 is 8.19. The predicted molar refractivity (Wildman–Crippen MR) is 103 cm³/mol. The molecule has 1 fully saturated rings. The van der Waals surface area contributed by atoms with Crippen molar-refractivity contribution in [2.75, 3.05) is 13.2 Å². The van der Waals surface area contributed by atoms with Crippen molar-refractivity contribution in [2.24, 2.45) is 5.92 Å². The highest BCUT2D eigenvalue weighted by Crippen LogP contribution is 2.33. The minimum atomic E-state index is 0.0780. The van der Waals surface area contributed by atoms with E-state index in [4.69, 9.17) is 9.72 Å². The fourth-order valence-corrected chi connectivity index (χ4v) is 3.73. The number of hydrogen-bond donors (Lipinski definition) is 1. The van der Waals surface area contributed by atoms with Crippen molar-refractivity contribution in [3.8, 4) is 0 Å². The zero-order valence-corrected chi connectivity index (χ0v) is 15.4. The summed E-state index contributed by atoms with van der Waals surface area (Å²) >= 11 is 0. The third kappa shape index (κ3) is 3.37. The third-order valence-corrected chi connectivity index (χ3v) is 5.31. The number of aromatic nitrogens is 3. The Hall–Kier alpha value is -2.24. The molecule has 5 heteroatoms. The van der Waals surface area contributed by atoms with E-state index in [-0.39, 0.29) is 12.1 Å². The standard InChI is InChI=1S/C21H26N4O/c1-3-25-12-11-22-21(25)20-17(10-13-26-20)14-23-15(2)18-9-8-16-6-4-5-7-19(16)24-18/h4-9,11-12,15,17,20,23H,3,10,13-14H2,1-2H3/t15?,17-,20+/m0/s1. The Labute approximate surface area is 154 Å². The molecule has 1 unspecified atom stereocenters. The molecule has 1 aliphatic rings. The van der Waals surface area contributed by atoms with Gasteiger partial charge in [-0.15, -0.1) is 0 Å². The maximum absolute atomic E-state index is 6.01. The molecule has 0 saturated carbocycles. The first kappa shape index (κ1) is 17.2. The van der Waals surface area contributed by atoms with Crippen LogP contribution in [0.2, 0.25) is 0 Å². The van der Waals surface area contributed by atoms with E-state index in [1.807, 2.05) is 24.5 Å². The van der Waals surface area contributed by atoms with Gasteiger partial charge in [0, 0.05) is 49.4 Å². The Bertz CT molecular complexity index is 875. The van der Waals surface area contributed by atoms with Crippen LogP contribution in [0.5, 0.6) is 0 Å². The smallest absolute Gasteiger partial charge is 0.138 e. The van der Waals surface area contributed by atoms with Gasteiger partial charge in [0.2, 0.25) is 0 Å². The topological polar surface area (TPSA) is 52.0 Å². The average Bonchev–Trinajstić information content (AvgIpc) is 3.33. The predicted octanol–water partition coefficient (Wildman–Crippen LogP) is 3.88. The number of fused-ring (bicyclic) bond motifs is 1. The van der Waals surface area contributed by atoms with E-state index >= 15 is 0 Å². The highest BCUT2D eigenvalue weighted by Gasteiger charge is 2.32. The average molecular weight is 350 g/mol. The largest absolute Gasteiger partial charge is 0.370 e. The molecule has 136 valence electrons. The van der Waals surface area contributed by atoms with Gasteiger partial charge < -0.3 is 14.6 Å². The fraction of sp³-hybridized carbons (Fsp3) is 0.429. The van der Waals surface area contributed by atoms with Crippen LogP contribution >= 0.6 is 0 Å². The monoisotopic (exact) mass is 350 g/mol. The summed E-state index contributed by atoms with van der Waals surface area (Å²) in [6.45, 7) is 6.94. The first-order valence-electron chi connectivity index (χ1n) is 9.48. The first-order chi connectivity index (χ1) is 12.8. The number of benzene rings is 1. The molecule has 0 radical (unpaired) electrons. The van der Waals surface area contributed by atoms with E-state index in [0.717, 1.165) is 43.2 Å². The van der Waals surface area contributed by atoms with Crippen LogP contribution in [0.4, 0.5) is 0 Å². The van der Waals surface area contributed by atoms with Gasteiger partial charge in [-0.05, 0) is 32.4 Å². The number of ether oxygens (including phenoxy) is 1. The molecule has 2 aromatic heterocycles. The Balaban J connectivity index is 1.43. The molecule has 4 rings (SSSR count). The third-order valence-electron chi connectivity index (χ3n) is 5.31. The van der Waals surface area contributed by atoms with Crippen molar-refractivity contribution in [1.29, 1.82) is 0 Å². The molecule has 5 nitrogen and oxygen atoms in total. The minimum Gasteiger partial charge on any atom is -0.370 e. The number of nitrogens with zero attached hydrogens (tertiary/aromatic N) is 3. The van der Waals surface area contributed by atoms with Crippen LogP contribution in [0.3, 0.4) is 0 Å². The summed E-state index contributed by atoms with van der Waals surface area (Å²) in [6, 6.07) is 12.7. The summed E-state index contributed by atoms with van der Waals surface area (Å²) in [6.07, 6.45) is 5.04. The summed E-state index contributed by atoms with van der Waals surface area (Å²) in [5, 5.41) is 4.84. The van der Waals surface area contributed by atoms with E-state index in [1.54, 1.807) is 0 Å². The highest BCUT2D eigenvalue weighted by molar-refractivity contribution is 5.78. The maximum Gasteiger partial charge on any atom is 0.138 e. The van der Waals surface area contributed by atoms with Crippen LogP contribution in [-0.2, 0) is 11.3 Å². The van der Waals surface area contributed by atoms with Gasteiger partial charge in [0.1, 0.15) is 11.9 Å². The van der Waals surface area contributed by atoms with Crippen molar-refractivity contribution >= 4 is 10.9 Å². The second kappa shape index (κ2) is 7.56. The molecule has 1 N–H and O–H groups in total. The van der Waals surface area contributed by atoms with E-state index in [2.05, 4.69) is 53.0 Å². The van der Waals surface area contributed by atoms with Crippen molar-refractivity contribution in [1.82, 2.24) is 19.9 Å². The van der Waals surface area contributed by atoms with Crippen LogP contribution in [0, 0.1) is 5.92 Å². The second-order valence-electron chi connectivity index (χ2n) is 6.97. The Morgan fingerprint density at radius 1 is 1.27 bits per heavy atom. The van der Waals surface area contributed by atoms with E-state index in [0.29, 0.717) is 5.92 Å². The van der Waals surface area contributed by atoms with Crippen LogP contribution < -0.4 is 5.32 Å². The zero-order valence-electron chi connectivity index (χ0n) is 15.4. The van der Waals surface area contributed by atoms with Crippen molar-refractivity contribution in [2.45, 2.75) is 39.0 Å². The number of nitrogens with one attached hydrogen (secondary N) is 1. The number of hydrogen-bond acceptors (Lipinski definition) is 4. The number of aryl methyl sites for hydroxylation is 1. The molecular formula is C21H26N4O. The molecule has 3 aromatic rings. The molecule has 0 amide bonds. The summed E-state index contributed by atoms with van der Waals surface area (Å²) in [4.78, 5) is 9.34. The lowest BCUT2D eigenvalue weighted by Crippen LogP contribution is -2.28. The Morgan fingerprint density at radius 2 is 2.15 bits per heavy atom. The lowest BCUT2D eigenvalue weighted by Gasteiger charge is -2.22. The van der Waals surface area contributed by atoms with Crippen LogP contribution in [0.1, 0.15) is 43.9 Å². The van der Waals surface area contributed by atoms with Crippen molar-refractivity contribution in [3.05, 3.63) is 60.3 Å². The fourth-order valence-electron chi connectivity index (χ4n) is 3.73. The molecule has 3 atom stereocenters. The molecule has 0 spiro atoms. The summed E-state index contributed by atoms with van der Waals surface area (Å²) in [5.74, 6) is 1.49. The molecule has 0 bridgehead atoms. The van der Waals surface area contributed by atoms with Crippen LogP contribution in [-0.4, -0.2) is 27.7 Å². The van der Waals surface area contributed by atoms with Crippen molar-refractivity contribution < 1.29 is 4.74 Å². The van der Waals surface area contributed by atoms with Gasteiger partial charge in [0.25, 0.3) is 0 Å². The summed E-state index contributed by atoms with van der Waals surface area (Å²) in [5.41, 5.74) is 2.12. The van der Waals surface area contributed by atoms with E-state index in [9.17, 15) is 0 Å². The Kier molecular flexibility index (Phi) is 5.00. The van der Waals surface area contributed by atoms with Crippen LogP contribution in [0.15, 0.2) is 48.8 Å². The summed E-state index contributed by atoms with van der Waals surface area (Å²) in [7, 11) is 0.